The highest BCUT2D eigenvalue weighted by Gasteiger charge is 2.25. The molecule has 0 aromatic carbocycles. The summed E-state index contributed by atoms with van der Waals surface area (Å²) in [5.41, 5.74) is 1.53. The molecular formula is C19H25N5O3. The number of β-amino-alcohol motifs (C(OH)–C–C–N with tert-alkyl or cyclic N) is 1. The van der Waals surface area contributed by atoms with E-state index in [9.17, 15) is 15.3 Å². The van der Waals surface area contributed by atoms with Gasteiger partial charge in [-0.1, -0.05) is 12.2 Å². The topological polar surface area (TPSA) is 97.9 Å². The standard InChI is InChI=1S/C19H25N5O3/c25-14(13-24-17(26)15-4-1-2-5-16(15)18(24)27)12-22-8-10-23(11-9-22)19-20-6-3-7-21-19/h1-3,6-7,14,25-27H,4-5,8-13H2. The molecule has 2 aliphatic rings. The van der Waals surface area contributed by atoms with Crippen molar-refractivity contribution < 1.29 is 15.3 Å². The largest absolute Gasteiger partial charge is 0.494 e. The number of piperazine rings is 1. The first-order chi connectivity index (χ1) is 13.1. The lowest BCUT2D eigenvalue weighted by atomic mass is 10.0. The fraction of sp³-hybridized carbons (Fsp3) is 0.474. The second-order valence-corrected chi connectivity index (χ2v) is 7.08. The minimum Gasteiger partial charge on any atom is -0.494 e. The Morgan fingerprint density at radius 1 is 0.889 bits per heavy atom. The fourth-order valence-corrected chi connectivity index (χ4v) is 3.85. The summed E-state index contributed by atoms with van der Waals surface area (Å²) in [6, 6.07) is 1.80. The number of aromatic nitrogens is 3. The van der Waals surface area contributed by atoms with E-state index in [-0.39, 0.29) is 18.3 Å². The van der Waals surface area contributed by atoms with E-state index in [1.165, 1.54) is 4.57 Å². The normalized spacial score (nSPS) is 18.5. The molecule has 1 fully saturated rings. The van der Waals surface area contributed by atoms with E-state index in [1.807, 2.05) is 12.2 Å². The molecule has 0 saturated carbocycles. The third kappa shape index (κ3) is 3.63. The Labute approximate surface area is 158 Å². The number of aromatic hydroxyl groups is 2. The lowest BCUT2D eigenvalue weighted by molar-refractivity contribution is 0.0907. The Bertz CT molecular complexity index is 781. The minimum atomic E-state index is -0.678. The van der Waals surface area contributed by atoms with Gasteiger partial charge < -0.3 is 20.2 Å². The van der Waals surface area contributed by atoms with Gasteiger partial charge in [0, 0.05) is 56.2 Å². The van der Waals surface area contributed by atoms with Crippen LogP contribution in [0.15, 0.2) is 30.6 Å². The SMILES string of the molecule is Oc1c2c(c(O)n1CC(O)CN1CCN(c3ncccn3)CC1)CC=CC2. The van der Waals surface area contributed by atoms with Crippen LogP contribution in [0.4, 0.5) is 5.95 Å². The number of hydrogen-bond donors (Lipinski definition) is 3. The van der Waals surface area contributed by atoms with Gasteiger partial charge in [-0.15, -0.1) is 0 Å². The average molecular weight is 371 g/mol. The fourth-order valence-electron chi connectivity index (χ4n) is 3.85. The second kappa shape index (κ2) is 7.58. The molecule has 8 nitrogen and oxygen atoms in total. The highest BCUT2D eigenvalue weighted by Crippen LogP contribution is 2.36. The first kappa shape index (κ1) is 17.8. The quantitative estimate of drug-likeness (QED) is 0.660. The molecule has 0 amide bonds. The summed E-state index contributed by atoms with van der Waals surface area (Å²) >= 11 is 0. The number of aliphatic hydroxyl groups is 1. The minimum absolute atomic E-state index is 0.0666. The van der Waals surface area contributed by atoms with Crippen LogP contribution in [0.1, 0.15) is 11.1 Å². The third-order valence-corrected chi connectivity index (χ3v) is 5.30. The van der Waals surface area contributed by atoms with Gasteiger partial charge in [0.15, 0.2) is 11.8 Å². The molecule has 0 spiro atoms. The summed E-state index contributed by atoms with van der Waals surface area (Å²) in [7, 11) is 0. The van der Waals surface area contributed by atoms with Gasteiger partial charge in [-0.2, -0.15) is 0 Å². The number of aliphatic hydroxyl groups excluding tert-OH is 1. The van der Waals surface area contributed by atoms with Crippen molar-refractivity contribution in [1.29, 1.82) is 0 Å². The van der Waals surface area contributed by atoms with Crippen LogP contribution in [0.5, 0.6) is 11.8 Å². The van der Waals surface area contributed by atoms with E-state index in [4.69, 9.17) is 0 Å². The average Bonchev–Trinajstić information content (AvgIpc) is 2.94. The van der Waals surface area contributed by atoms with Crippen LogP contribution in [0.3, 0.4) is 0 Å². The highest BCUT2D eigenvalue weighted by atomic mass is 16.3. The third-order valence-electron chi connectivity index (χ3n) is 5.30. The Morgan fingerprint density at radius 3 is 2.07 bits per heavy atom. The van der Waals surface area contributed by atoms with Crippen LogP contribution in [0.2, 0.25) is 0 Å². The Balaban J connectivity index is 1.33. The van der Waals surface area contributed by atoms with Gasteiger partial charge in [0.25, 0.3) is 0 Å². The van der Waals surface area contributed by atoms with Crippen LogP contribution in [0, 0.1) is 0 Å². The van der Waals surface area contributed by atoms with Crippen molar-refractivity contribution in [1.82, 2.24) is 19.4 Å². The van der Waals surface area contributed by atoms with Crippen LogP contribution >= 0.6 is 0 Å². The van der Waals surface area contributed by atoms with Crippen molar-refractivity contribution in [2.75, 3.05) is 37.6 Å². The van der Waals surface area contributed by atoms with E-state index in [2.05, 4.69) is 19.8 Å². The molecule has 1 atom stereocenters. The maximum absolute atomic E-state index is 10.5. The predicted octanol–water partition coefficient (Wildman–Crippen LogP) is 0.527. The summed E-state index contributed by atoms with van der Waals surface area (Å²) in [5, 5.41) is 31.3. The van der Waals surface area contributed by atoms with Crippen LogP contribution < -0.4 is 4.90 Å². The maximum atomic E-state index is 10.5. The number of fused-ring (bicyclic) bond motifs is 1. The van der Waals surface area contributed by atoms with Crippen molar-refractivity contribution in [2.45, 2.75) is 25.5 Å². The van der Waals surface area contributed by atoms with Gasteiger partial charge in [0.1, 0.15) is 0 Å². The van der Waals surface area contributed by atoms with Crippen molar-refractivity contribution in [2.24, 2.45) is 0 Å². The second-order valence-electron chi connectivity index (χ2n) is 7.08. The Hall–Kier alpha value is -2.58. The molecule has 1 unspecified atom stereocenters. The molecule has 1 saturated heterocycles. The predicted molar refractivity (Wildman–Crippen MR) is 101 cm³/mol. The first-order valence-electron chi connectivity index (χ1n) is 9.33. The molecule has 3 N–H and O–H groups in total. The number of hydrogen-bond acceptors (Lipinski definition) is 7. The maximum Gasteiger partial charge on any atom is 0.225 e. The molecule has 2 aromatic rings. The van der Waals surface area contributed by atoms with Gasteiger partial charge in [-0.3, -0.25) is 9.47 Å². The molecule has 0 radical (unpaired) electrons. The zero-order valence-corrected chi connectivity index (χ0v) is 15.2. The summed E-state index contributed by atoms with van der Waals surface area (Å²) in [6.45, 7) is 3.88. The number of rotatable bonds is 5. The summed E-state index contributed by atoms with van der Waals surface area (Å²) in [5.74, 6) is 0.868. The lowest BCUT2D eigenvalue weighted by Crippen LogP contribution is -2.49. The van der Waals surface area contributed by atoms with Crippen molar-refractivity contribution in [3.63, 3.8) is 0 Å². The van der Waals surface area contributed by atoms with Crippen LogP contribution in [-0.2, 0) is 19.4 Å². The Morgan fingerprint density at radius 2 is 1.48 bits per heavy atom. The molecule has 0 bridgehead atoms. The molecular weight excluding hydrogens is 346 g/mol. The number of allylic oxidation sites excluding steroid dienone is 2. The van der Waals surface area contributed by atoms with Gasteiger partial charge in [0.05, 0.1) is 12.6 Å². The summed E-state index contributed by atoms with van der Waals surface area (Å²) in [6.07, 6.45) is 8.00. The van der Waals surface area contributed by atoms with Gasteiger partial charge >= 0.3 is 0 Å². The zero-order valence-electron chi connectivity index (χ0n) is 15.2. The summed E-state index contributed by atoms with van der Waals surface area (Å²) < 4.78 is 1.43. The lowest BCUT2D eigenvalue weighted by Gasteiger charge is -2.35. The Kier molecular flexibility index (Phi) is 5.00. The first-order valence-corrected chi connectivity index (χ1v) is 9.33. The molecule has 1 aliphatic heterocycles. The molecule has 27 heavy (non-hydrogen) atoms. The van der Waals surface area contributed by atoms with Crippen LogP contribution in [0.25, 0.3) is 0 Å². The van der Waals surface area contributed by atoms with E-state index in [0.717, 1.165) is 43.3 Å². The van der Waals surface area contributed by atoms with E-state index < -0.39 is 6.10 Å². The molecule has 144 valence electrons. The van der Waals surface area contributed by atoms with E-state index >= 15 is 0 Å². The molecule has 8 heteroatoms. The smallest absolute Gasteiger partial charge is 0.225 e. The van der Waals surface area contributed by atoms with E-state index in [0.29, 0.717) is 19.4 Å². The molecule has 1 aliphatic carbocycles. The number of anilines is 1. The number of nitrogens with zero attached hydrogens (tertiary/aromatic N) is 5. The van der Waals surface area contributed by atoms with Crippen LogP contribution in [-0.4, -0.2) is 73.6 Å². The molecule has 4 rings (SSSR count). The van der Waals surface area contributed by atoms with Gasteiger partial charge in [-0.05, 0) is 18.9 Å². The van der Waals surface area contributed by atoms with Crippen molar-refractivity contribution in [3.8, 4) is 11.8 Å². The molecule has 2 aromatic heterocycles. The van der Waals surface area contributed by atoms with Crippen molar-refractivity contribution in [3.05, 3.63) is 41.7 Å². The zero-order chi connectivity index (χ0) is 18.8. The summed E-state index contributed by atoms with van der Waals surface area (Å²) in [4.78, 5) is 12.9. The van der Waals surface area contributed by atoms with Crippen molar-refractivity contribution >= 4 is 5.95 Å². The van der Waals surface area contributed by atoms with E-state index in [1.54, 1.807) is 18.5 Å². The monoisotopic (exact) mass is 371 g/mol. The molecule has 3 heterocycles. The van der Waals surface area contributed by atoms with Gasteiger partial charge in [0.2, 0.25) is 5.95 Å². The highest BCUT2D eigenvalue weighted by molar-refractivity contribution is 5.49. The van der Waals surface area contributed by atoms with Gasteiger partial charge in [-0.25, -0.2) is 9.97 Å².